The molecule has 0 aliphatic heterocycles. The van der Waals surface area contributed by atoms with Gasteiger partial charge in [0, 0.05) is 5.54 Å². The highest BCUT2D eigenvalue weighted by atomic mass is 127. The molecule has 0 aliphatic carbocycles. The number of amides is 1. The minimum absolute atomic E-state index is 0.111. The van der Waals surface area contributed by atoms with Crippen LogP contribution in [-0.2, 0) is 4.79 Å². The van der Waals surface area contributed by atoms with Crippen molar-refractivity contribution in [3.05, 3.63) is 9.66 Å². The first-order chi connectivity index (χ1) is 6.85. The summed E-state index contributed by atoms with van der Waals surface area (Å²) in [5.74, 6) is 0.111. The van der Waals surface area contributed by atoms with Crippen LogP contribution in [-0.4, -0.2) is 11.4 Å². The van der Waals surface area contributed by atoms with Crippen LogP contribution in [0.3, 0.4) is 0 Å². The fourth-order valence-electron chi connectivity index (χ4n) is 1.15. The van der Waals surface area contributed by atoms with E-state index in [0.29, 0.717) is 6.42 Å². The zero-order valence-electron chi connectivity index (χ0n) is 10.2. The third-order valence-electron chi connectivity index (χ3n) is 1.77. The van der Waals surface area contributed by atoms with Crippen LogP contribution in [0.15, 0.2) is 9.66 Å². The third kappa shape index (κ3) is 10.2. The minimum Gasteiger partial charge on any atom is -0.351 e. The molecule has 0 heterocycles. The lowest BCUT2D eigenvalue weighted by molar-refractivity contribution is -0.121. The summed E-state index contributed by atoms with van der Waals surface area (Å²) in [5, 5.41) is 2.96. The fourth-order valence-corrected chi connectivity index (χ4v) is 1.81. The Hall–Kier alpha value is -0.0600. The Morgan fingerprint density at radius 3 is 2.47 bits per heavy atom. The predicted octanol–water partition coefficient (Wildman–Crippen LogP) is 3.80. The summed E-state index contributed by atoms with van der Waals surface area (Å²) < 4.78 is 1.14. The Kier molecular flexibility index (Phi) is 7.22. The van der Waals surface area contributed by atoms with Gasteiger partial charge < -0.3 is 5.32 Å². The second-order valence-corrected chi connectivity index (χ2v) is 6.15. The van der Waals surface area contributed by atoms with Crippen molar-refractivity contribution in [2.75, 3.05) is 0 Å². The molecule has 1 N–H and O–H groups in total. The van der Waals surface area contributed by atoms with Crippen molar-refractivity contribution in [1.82, 2.24) is 5.32 Å². The molecule has 1 amide bonds. The van der Waals surface area contributed by atoms with Gasteiger partial charge in [-0.3, -0.25) is 4.79 Å². The molecule has 0 atom stereocenters. The van der Waals surface area contributed by atoms with Gasteiger partial charge >= 0.3 is 0 Å². The SMILES string of the molecule is CCCC/C=C(\I)CC(=O)NC(C)(C)C. The highest BCUT2D eigenvalue weighted by molar-refractivity contribution is 14.1. The van der Waals surface area contributed by atoms with E-state index >= 15 is 0 Å². The summed E-state index contributed by atoms with van der Waals surface area (Å²) in [6, 6.07) is 0. The Morgan fingerprint density at radius 1 is 1.40 bits per heavy atom. The van der Waals surface area contributed by atoms with Gasteiger partial charge in [0.15, 0.2) is 0 Å². The van der Waals surface area contributed by atoms with E-state index in [9.17, 15) is 4.79 Å². The van der Waals surface area contributed by atoms with Crippen LogP contribution in [0.25, 0.3) is 0 Å². The van der Waals surface area contributed by atoms with Crippen LogP contribution in [0.1, 0.15) is 53.4 Å². The molecule has 0 bridgehead atoms. The molecule has 2 nitrogen and oxygen atoms in total. The minimum atomic E-state index is -0.128. The molecule has 0 unspecified atom stereocenters. The number of allylic oxidation sites excluding steroid dienone is 1. The number of carbonyl (C=O) groups excluding carboxylic acids is 1. The number of carbonyl (C=O) groups is 1. The molecule has 0 spiro atoms. The average Bonchev–Trinajstić information content (AvgIpc) is 2.00. The lowest BCUT2D eigenvalue weighted by Gasteiger charge is -2.20. The summed E-state index contributed by atoms with van der Waals surface area (Å²) in [7, 11) is 0. The van der Waals surface area contributed by atoms with E-state index in [-0.39, 0.29) is 11.4 Å². The zero-order valence-corrected chi connectivity index (χ0v) is 12.3. The molecule has 0 aromatic heterocycles. The number of nitrogens with one attached hydrogen (secondary N) is 1. The van der Waals surface area contributed by atoms with Crippen molar-refractivity contribution in [1.29, 1.82) is 0 Å². The molecule has 0 rings (SSSR count). The van der Waals surface area contributed by atoms with Crippen LogP contribution in [0.2, 0.25) is 0 Å². The van der Waals surface area contributed by atoms with E-state index < -0.39 is 0 Å². The van der Waals surface area contributed by atoms with Gasteiger partial charge in [0.2, 0.25) is 5.91 Å². The monoisotopic (exact) mass is 323 g/mol. The molecular weight excluding hydrogens is 301 g/mol. The van der Waals surface area contributed by atoms with E-state index in [0.717, 1.165) is 10.0 Å². The van der Waals surface area contributed by atoms with Gasteiger partial charge in [-0.05, 0) is 53.4 Å². The van der Waals surface area contributed by atoms with Gasteiger partial charge in [0.1, 0.15) is 0 Å². The van der Waals surface area contributed by atoms with Crippen LogP contribution in [0, 0.1) is 0 Å². The molecular formula is C12H22INO. The molecule has 0 aromatic rings. The average molecular weight is 323 g/mol. The van der Waals surface area contributed by atoms with Gasteiger partial charge in [-0.25, -0.2) is 0 Å². The first-order valence-electron chi connectivity index (χ1n) is 5.50. The maximum atomic E-state index is 11.5. The molecule has 0 fully saturated rings. The molecule has 88 valence electrons. The quantitative estimate of drug-likeness (QED) is 0.605. The smallest absolute Gasteiger partial charge is 0.225 e. The van der Waals surface area contributed by atoms with Crippen molar-refractivity contribution in [2.45, 2.75) is 58.9 Å². The highest BCUT2D eigenvalue weighted by Gasteiger charge is 2.13. The Bertz CT molecular complexity index is 228. The fraction of sp³-hybridized carbons (Fsp3) is 0.750. The summed E-state index contributed by atoms with van der Waals surface area (Å²) in [5.41, 5.74) is -0.128. The molecule has 0 saturated carbocycles. The molecule has 0 saturated heterocycles. The van der Waals surface area contributed by atoms with Gasteiger partial charge in [0.25, 0.3) is 0 Å². The van der Waals surface area contributed by atoms with Gasteiger partial charge in [-0.2, -0.15) is 0 Å². The maximum Gasteiger partial charge on any atom is 0.225 e. The van der Waals surface area contributed by atoms with Gasteiger partial charge in [0.05, 0.1) is 6.42 Å². The van der Waals surface area contributed by atoms with Crippen LogP contribution in [0.5, 0.6) is 0 Å². The summed E-state index contributed by atoms with van der Waals surface area (Å²) in [4.78, 5) is 11.5. The largest absolute Gasteiger partial charge is 0.351 e. The molecule has 0 aromatic carbocycles. The van der Waals surface area contributed by atoms with Gasteiger partial charge in [-0.1, -0.05) is 25.8 Å². The summed E-state index contributed by atoms with van der Waals surface area (Å²) in [6.07, 6.45) is 6.16. The maximum absolute atomic E-state index is 11.5. The zero-order chi connectivity index (χ0) is 11.9. The molecule has 3 heteroatoms. The number of unbranched alkanes of at least 4 members (excludes halogenated alkanes) is 2. The lowest BCUT2D eigenvalue weighted by Crippen LogP contribution is -2.40. The molecule has 0 aliphatic rings. The van der Waals surface area contributed by atoms with Crippen molar-refractivity contribution >= 4 is 28.5 Å². The Balaban J connectivity index is 3.91. The van der Waals surface area contributed by atoms with Crippen LogP contribution < -0.4 is 5.32 Å². The molecule has 15 heavy (non-hydrogen) atoms. The number of hydrogen-bond donors (Lipinski definition) is 1. The Morgan fingerprint density at radius 2 is 2.00 bits per heavy atom. The van der Waals surface area contributed by atoms with Crippen LogP contribution in [0.4, 0.5) is 0 Å². The first kappa shape index (κ1) is 14.9. The van der Waals surface area contributed by atoms with E-state index in [4.69, 9.17) is 0 Å². The first-order valence-corrected chi connectivity index (χ1v) is 6.58. The van der Waals surface area contributed by atoms with Crippen LogP contribution >= 0.6 is 22.6 Å². The second kappa shape index (κ2) is 7.25. The van der Waals surface area contributed by atoms with E-state index in [1.165, 1.54) is 12.8 Å². The molecule has 0 radical (unpaired) electrons. The third-order valence-corrected chi connectivity index (χ3v) is 2.59. The number of hydrogen-bond acceptors (Lipinski definition) is 1. The predicted molar refractivity (Wildman–Crippen MR) is 74.1 cm³/mol. The summed E-state index contributed by atoms with van der Waals surface area (Å²) in [6.45, 7) is 8.17. The topological polar surface area (TPSA) is 29.1 Å². The number of rotatable bonds is 5. The van der Waals surface area contributed by atoms with E-state index in [1.807, 2.05) is 20.8 Å². The Labute approximate surface area is 107 Å². The second-order valence-electron chi connectivity index (χ2n) is 4.77. The standard InChI is InChI=1S/C12H22INO/c1-5-6-7-8-10(13)9-11(15)14-12(2,3)4/h8H,5-7,9H2,1-4H3,(H,14,15)/b10-8-. The van der Waals surface area contributed by atoms with E-state index in [1.54, 1.807) is 0 Å². The number of halogens is 1. The normalized spacial score (nSPS) is 12.7. The summed E-state index contributed by atoms with van der Waals surface area (Å²) >= 11 is 2.25. The van der Waals surface area contributed by atoms with Crippen molar-refractivity contribution in [3.8, 4) is 0 Å². The van der Waals surface area contributed by atoms with Crippen molar-refractivity contribution < 1.29 is 4.79 Å². The highest BCUT2D eigenvalue weighted by Crippen LogP contribution is 2.14. The van der Waals surface area contributed by atoms with Gasteiger partial charge in [-0.15, -0.1) is 0 Å². The van der Waals surface area contributed by atoms with Crippen molar-refractivity contribution in [2.24, 2.45) is 0 Å². The van der Waals surface area contributed by atoms with Crippen molar-refractivity contribution in [3.63, 3.8) is 0 Å². The lowest BCUT2D eigenvalue weighted by atomic mass is 10.1. The van der Waals surface area contributed by atoms with E-state index in [2.05, 4.69) is 40.9 Å².